The van der Waals surface area contributed by atoms with E-state index in [0.29, 0.717) is 12.6 Å². The number of amides is 2. The molecule has 6 heteroatoms. The van der Waals surface area contributed by atoms with Gasteiger partial charge in [0.05, 0.1) is 6.54 Å². The molecule has 1 aliphatic rings. The van der Waals surface area contributed by atoms with E-state index in [9.17, 15) is 9.59 Å². The van der Waals surface area contributed by atoms with E-state index in [4.69, 9.17) is 0 Å². The molecule has 0 heterocycles. The summed E-state index contributed by atoms with van der Waals surface area (Å²) in [6.45, 7) is 2.64. The second-order valence-corrected chi connectivity index (χ2v) is 4.49. The molecule has 2 amide bonds. The topological polar surface area (TPSA) is 61.4 Å². The molecule has 1 atom stereocenters. The zero-order chi connectivity index (χ0) is 12.1. The molecular weight excluding hydrogens is 242 g/mol. The quantitative estimate of drug-likeness (QED) is 0.709. The normalized spacial score (nSPS) is 15.7. The fourth-order valence-corrected chi connectivity index (χ4v) is 1.56. The van der Waals surface area contributed by atoms with Gasteiger partial charge in [-0.15, -0.1) is 12.4 Å². The van der Waals surface area contributed by atoms with Crippen molar-refractivity contribution >= 4 is 24.2 Å². The minimum absolute atomic E-state index is 0. The summed E-state index contributed by atoms with van der Waals surface area (Å²) in [4.78, 5) is 24.7. The maximum absolute atomic E-state index is 11.8. The van der Waals surface area contributed by atoms with Gasteiger partial charge >= 0.3 is 0 Å². The maximum Gasteiger partial charge on any atom is 0.239 e. The highest BCUT2D eigenvalue weighted by atomic mass is 35.5. The van der Waals surface area contributed by atoms with E-state index in [1.165, 1.54) is 4.90 Å². The average molecular weight is 264 g/mol. The number of nitrogens with one attached hydrogen (secondary N) is 2. The minimum atomic E-state index is -0.0938. The molecule has 0 aromatic heterocycles. The minimum Gasteiger partial charge on any atom is -0.352 e. The Bertz CT molecular complexity index is 269. The molecule has 2 N–H and O–H groups in total. The fraction of sp³-hybridized carbons (Fsp3) is 0.818. The van der Waals surface area contributed by atoms with E-state index in [-0.39, 0.29) is 36.7 Å². The Labute approximate surface area is 109 Å². The molecule has 5 nitrogen and oxygen atoms in total. The van der Waals surface area contributed by atoms with Crippen molar-refractivity contribution in [3.8, 4) is 0 Å². The monoisotopic (exact) mass is 263 g/mol. The number of hydrogen-bond acceptors (Lipinski definition) is 3. The first kappa shape index (κ1) is 16.2. The molecule has 1 fully saturated rings. The summed E-state index contributed by atoms with van der Waals surface area (Å²) in [7, 11) is 3.48. The second kappa shape index (κ2) is 7.50. The zero-order valence-corrected chi connectivity index (χ0v) is 11.5. The highest BCUT2D eigenvalue weighted by Gasteiger charge is 2.25. The lowest BCUT2D eigenvalue weighted by Crippen LogP contribution is -2.42. The number of hydrogen-bond donors (Lipinski definition) is 2. The summed E-state index contributed by atoms with van der Waals surface area (Å²) in [5.74, 6) is -0.154. The summed E-state index contributed by atoms with van der Waals surface area (Å²) >= 11 is 0. The third kappa shape index (κ3) is 5.89. The maximum atomic E-state index is 11.8. The fourth-order valence-electron chi connectivity index (χ4n) is 1.56. The van der Waals surface area contributed by atoms with Crippen LogP contribution in [-0.2, 0) is 9.59 Å². The number of likely N-dealkylation sites (N-methyl/N-ethyl adjacent to an activating group) is 1. The van der Waals surface area contributed by atoms with Crippen LogP contribution in [0.15, 0.2) is 0 Å². The summed E-state index contributed by atoms with van der Waals surface area (Å²) in [6, 6.07) is 0.353. The Balaban J connectivity index is 0.00000256. The van der Waals surface area contributed by atoms with E-state index in [0.717, 1.165) is 12.8 Å². The molecular formula is C11H22ClN3O2. The van der Waals surface area contributed by atoms with Gasteiger partial charge in [-0.2, -0.15) is 0 Å². The molecule has 0 aromatic rings. The van der Waals surface area contributed by atoms with Gasteiger partial charge in [0.15, 0.2) is 0 Å². The van der Waals surface area contributed by atoms with Crippen LogP contribution in [-0.4, -0.2) is 49.9 Å². The van der Waals surface area contributed by atoms with Crippen molar-refractivity contribution in [1.29, 1.82) is 0 Å². The third-order valence-corrected chi connectivity index (χ3v) is 2.63. The molecule has 17 heavy (non-hydrogen) atoms. The van der Waals surface area contributed by atoms with Gasteiger partial charge < -0.3 is 15.5 Å². The molecule has 0 radical (unpaired) electrons. The Morgan fingerprint density at radius 3 is 2.47 bits per heavy atom. The summed E-state index contributed by atoms with van der Waals surface area (Å²) < 4.78 is 0. The number of halogens is 1. The largest absolute Gasteiger partial charge is 0.352 e. The highest BCUT2D eigenvalue weighted by molar-refractivity contribution is 5.86. The SMILES string of the molecule is CNCC(C)C(=O)N(C)CC(=O)NC1CC1.Cl. The van der Waals surface area contributed by atoms with Gasteiger partial charge in [0, 0.05) is 25.6 Å². The Kier molecular flexibility index (Phi) is 7.15. The van der Waals surface area contributed by atoms with E-state index in [1.54, 1.807) is 7.05 Å². The van der Waals surface area contributed by atoms with Crippen LogP contribution in [0.4, 0.5) is 0 Å². The van der Waals surface area contributed by atoms with E-state index < -0.39 is 0 Å². The standard InChI is InChI=1S/C11H21N3O2.ClH/c1-8(6-12-2)11(16)14(3)7-10(15)13-9-4-5-9;/h8-9,12H,4-7H2,1-3H3,(H,13,15);1H. The van der Waals surface area contributed by atoms with Gasteiger partial charge in [0.1, 0.15) is 0 Å². The van der Waals surface area contributed by atoms with Crippen LogP contribution in [0.25, 0.3) is 0 Å². The first-order valence-electron chi connectivity index (χ1n) is 5.73. The van der Waals surface area contributed by atoms with Crippen LogP contribution in [0.1, 0.15) is 19.8 Å². The number of carbonyl (C=O) groups is 2. The number of rotatable bonds is 6. The Hall–Kier alpha value is -0.810. The molecule has 1 unspecified atom stereocenters. The van der Waals surface area contributed by atoms with Crippen molar-refractivity contribution < 1.29 is 9.59 Å². The molecule has 100 valence electrons. The van der Waals surface area contributed by atoms with Gasteiger partial charge in [-0.25, -0.2) is 0 Å². The lowest BCUT2D eigenvalue weighted by Gasteiger charge is -2.20. The van der Waals surface area contributed by atoms with E-state index in [1.807, 2.05) is 14.0 Å². The summed E-state index contributed by atoms with van der Waals surface area (Å²) in [6.07, 6.45) is 2.14. The predicted octanol–water partition coefficient (Wildman–Crippen LogP) is 0.000700. The molecule has 1 aliphatic carbocycles. The van der Waals surface area contributed by atoms with Gasteiger partial charge in [-0.1, -0.05) is 6.92 Å². The smallest absolute Gasteiger partial charge is 0.239 e. The number of carbonyl (C=O) groups excluding carboxylic acids is 2. The average Bonchev–Trinajstić information content (AvgIpc) is 3.00. The van der Waals surface area contributed by atoms with Crippen molar-refractivity contribution in [3.05, 3.63) is 0 Å². The van der Waals surface area contributed by atoms with Gasteiger partial charge in [-0.3, -0.25) is 9.59 Å². The third-order valence-electron chi connectivity index (χ3n) is 2.63. The van der Waals surface area contributed by atoms with Gasteiger partial charge in [0.25, 0.3) is 0 Å². The molecule has 0 aliphatic heterocycles. The number of nitrogens with zero attached hydrogens (tertiary/aromatic N) is 1. The molecule has 1 saturated carbocycles. The summed E-state index contributed by atoms with van der Waals surface area (Å²) in [5.41, 5.74) is 0. The van der Waals surface area contributed by atoms with Crippen molar-refractivity contribution in [2.45, 2.75) is 25.8 Å². The first-order valence-corrected chi connectivity index (χ1v) is 5.73. The van der Waals surface area contributed by atoms with Crippen LogP contribution in [0.3, 0.4) is 0 Å². The Morgan fingerprint density at radius 2 is 2.00 bits per heavy atom. The van der Waals surface area contributed by atoms with Crippen LogP contribution in [0.5, 0.6) is 0 Å². The molecule has 0 spiro atoms. The molecule has 0 saturated heterocycles. The van der Waals surface area contributed by atoms with Crippen LogP contribution >= 0.6 is 12.4 Å². The van der Waals surface area contributed by atoms with Crippen molar-refractivity contribution in [2.75, 3.05) is 27.2 Å². The predicted molar refractivity (Wildman–Crippen MR) is 69.1 cm³/mol. The molecule has 0 bridgehead atoms. The van der Waals surface area contributed by atoms with Crippen LogP contribution < -0.4 is 10.6 Å². The van der Waals surface area contributed by atoms with Gasteiger partial charge in [-0.05, 0) is 19.9 Å². The van der Waals surface area contributed by atoms with E-state index in [2.05, 4.69) is 10.6 Å². The highest BCUT2D eigenvalue weighted by Crippen LogP contribution is 2.18. The Morgan fingerprint density at radius 1 is 1.41 bits per heavy atom. The van der Waals surface area contributed by atoms with Crippen molar-refractivity contribution in [1.82, 2.24) is 15.5 Å². The van der Waals surface area contributed by atoms with E-state index >= 15 is 0 Å². The van der Waals surface area contributed by atoms with Crippen LogP contribution in [0, 0.1) is 5.92 Å². The molecule has 1 rings (SSSR count). The second-order valence-electron chi connectivity index (χ2n) is 4.49. The molecule has 0 aromatic carbocycles. The zero-order valence-electron chi connectivity index (χ0n) is 10.7. The first-order chi connectivity index (χ1) is 7.54. The lowest BCUT2D eigenvalue weighted by molar-refractivity contribution is -0.137. The van der Waals surface area contributed by atoms with Crippen LogP contribution in [0.2, 0.25) is 0 Å². The lowest BCUT2D eigenvalue weighted by atomic mass is 10.1. The summed E-state index contributed by atoms with van der Waals surface area (Å²) in [5, 5.41) is 5.81. The van der Waals surface area contributed by atoms with Crippen molar-refractivity contribution in [2.24, 2.45) is 5.92 Å². The van der Waals surface area contributed by atoms with Gasteiger partial charge in [0.2, 0.25) is 11.8 Å². The van der Waals surface area contributed by atoms with Crippen molar-refractivity contribution in [3.63, 3.8) is 0 Å².